The summed E-state index contributed by atoms with van der Waals surface area (Å²) in [6.45, 7) is 5.56. The van der Waals surface area contributed by atoms with E-state index in [1.165, 1.54) is 4.80 Å². The quantitative estimate of drug-likeness (QED) is 0.355. The average Bonchev–Trinajstić information content (AvgIpc) is 3.51. The first-order valence-corrected chi connectivity index (χ1v) is 11.1. The number of Topliss-reactive ketones (excluding diaryl/α,β-unsaturated/α-hetero) is 1. The lowest BCUT2D eigenvalue weighted by atomic mass is 10.1. The van der Waals surface area contributed by atoms with E-state index in [0.717, 1.165) is 22.6 Å². The van der Waals surface area contributed by atoms with Gasteiger partial charge in [-0.25, -0.2) is 4.68 Å². The molecule has 0 spiro atoms. The van der Waals surface area contributed by atoms with Crippen molar-refractivity contribution >= 4 is 5.78 Å². The fourth-order valence-electron chi connectivity index (χ4n) is 4.34. The SMILES string of the molecule is Cc1cc(C(=O)Cn2nnc(-c3cccnc3)n2)c(C)n1-c1c(C)n(C)n(-c2ccccc2)c1=O. The zero-order chi connectivity index (χ0) is 24.7. The van der Waals surface area contributed by atoms with Gasteiger partial charge in [0.25, 0.3) is 5.56 Å². The summed E-state index contributed by atoms with van der Waals surface area (Å²) in [5, 5.41) is 12.4. The molecule has 0 aliphatic rings. The van der Waals surface area contributed by atoms with Crippen LogP contribution in [-0.4, -0.2) is 44.9 Å². The number of para-hydroxylation sites is 1. The summed E-state index contributed by atoms with van der Waals surface area (Å²) in [4.78, 5) is 32.0. The number of tetrazole rings is 1. The molecule has 5 rings (SSSR count). The van der Waals surface area contributed by atoms with E-state index < -0.39 is 0 Å². The molecule has 0 unspecified atom stereocenters. The summed E-state index contributed by atoms with van der Waals surface area (Å²) in [6.07, 6.45) is 3.30. The van der Waals surface area contributed by atoms with Gasteiger partial charge in [-0.15, -0.1) is 10.2 Å². The highest BCUT2D eigenvalue weighted by Crippen LogP contribution is 2.23. The van der Waals surface area contributed by atoms with Crippen LogP contribution >= 0.6 is 0 Å². The maximum atomic E-state index is 13.5. The average molecular weight is 469 g/mol. The van der Waals surface area contributed by atoms with Crippen molar-refractivity contribution in [2.45, 2.75) is 27.3 Å². The lowest BCUT2D eigenvalue weighted by Crippen LogP contribution is -2.22. The van der Waals surface area contributed by atoms with Crippen molar-refractivity contribution < 1.29 is 4.79 Å². The molecule has 0 saturated carbocycles. The number of nitrogens with zero attached hydrogens (tertiary/aromatic N) is 8. The predicted molar refractivity (Wildman–Crippen MR) is 130 cm³/mol. The van der Waals surface area contributed by atoms with E-state index in [1.54, 1.807) is 29.2 Å². The molecule has 4 aromatic heterocycles. The first kappa shape index (κ1) is 22.2. The van der Waals surface area contributed by atoms with Crippen LogP contribution in [0.4, 0.5) is 0 Å². The molecule has 0 aliphatic heterocycles. The van der Waals surface area contributed by atoms with Crippen molar-refractivity contribution in [2.75, 3.05) is 0 Å². The molecule has 0 N–H and O–H groups in total. The Labute approximate surface area is 201 Å². The van der Waals surface area contributed by atoms with Crippen molar-refractivity contribution in [3.63, 3.8) is 0 Å². The zero-order valence-corrected chi connectivity index (χ0v) is 19.9. The van der Waals surface area contributed by atoms with E-state index in [2.05, 4.69) is 20.4 Å². The Balaban J connectivity index is 1.50. The maximum absolute atomic E-state index is 13.5. The van der Waals surface area contributed by atoms with Crippen molar-refractivity contribution in [1.82, 2.24) is 39.1 Å². The van der Waals surface area contributed by atoms with Gasteiger partial charge in [-0.3, -0.25) is 19.3 Å². The summed E-state index contributed by atoms with van der Waals surface area (Å²) < 4.78 is 5.30. The van der Waals surface area contributed by atoms with Gasteiger partial charge in [-0.05, 0) is 56.3 Å². The molecule has 10 heteroatoms. The largest absolute Gasteiger partial charge is 0.311 e. The fourth-order valence-corrected chi connectivity index (χ4v) is 4.34. The third kappa shape index (κ3) is 3.78. The molecule has 0 radical (unpaired) electrons. The van der Waals surface area contributed by atoms with Crippen LogP contribution < -0.4 is 5.56 Å². The third-order valence-electron chi connectivity index (χ3n) is 6.14. The van der Waals surface area contributed by atoms with Crippen LogP contribution in [0.2, 0.25) is 0 Å². The minimum Gasteiger partial charge on any atom is -0.311 e. The van der Waals surface area contributed by atoms with Crippen LogP contribution in [0.15, 0.2) is 65.7 Å². The molecular formula is C25H24N8O2. The minimum atomic E-state index is -0.170. The number of benzene rings is 1. The summed E-state index contributed by atoms with van der Waals surface area (Å²) >= 11 is 0. The lowest BCUT2D eigenvalue weighted by Gasteiger charge is -2.08. The Morgan fingerprint density at radius 3 is 2.49 bits per heavy atom. The van der Waals surface area contributed by atoms with E-state index >= 15 is 0 Å². The first-order chi connectivity index (χ1) is 16.9. The van der Waals surface area contributed by atoms with Crippen LogP contribution in [0.5, 0.6) is 0 Å². The molecule has 0 fully saturated rings. The Morgan fingerprint density at radius 2 is 1.77 bits per heavy atom. The van der Waals surface area contributed by atoms with Gasteiger partial charge in [0.2, 0.25) is 5.82 Å². The predicted octanol–water partition coefficient (Wildman–Crippen LogP) is 2.82. The summed E-state index contributed by atoms with van der Waals surface area (Å²) in [5.74, 6) is 0.231. The van der Waals surface area contributed by atoms with Crippen molar-refractivity contribution in [3.05, 3.63) is 93.9 Å². The second kappa shape index (κ2) is 8.64. The molecule has 1 aromatic carbocycles. The Hall–Kier alpha value is -4.60. The topological polar surface area (TPSA) is 105 Å². The summed E-state index contributed by atoms with van der Waals surface area (Å²) in [7, 11) is 1.85. The molecule has 5 aromatic rings. The number of rotatable bonds is 6. The van der Waals surface area contributed by atoms with Gasteiger partial charge in [0.15, 0.2) is 5.78 Å². The van der Waals surface area contributed by atoms with Crippen molar-refractivity contribution in [2.24, 2.45) is 7.05 Å². The molecule has 35 heavy (non-hydrogen) atoms. The molecule has 176 valence electrons. The van der Waals surface area contributed by atoms with Crippen LogP contribution in [0.3, 0.4) is 0 Å². The highest BCUT2D eigenvalue weighted by atomic mass is 16.1. The van der Waals surface area contributed by atoms with Gasteiger partial charge in [-0.2, -0.15) is 4.80 Å². The molecule has 0 bridgehead atoms. The van der Waals surface area contributed by atoms with Crippen LogP contribution in [0.25, 0.3) is 22.8 Å². The minimum absolute atomic E-state index is 0.0699. The van der Waals surface area contributed by atoms with E-state index in [1.807, 2.05) is 73.5 Å². The second-order valence-corrected chi connectivity index (χ2v) is 8.34. The van der Waals surface area contributed by atoms with Crippen LogP contribution in [0.1, 0.15) is 27.4 Å². The number of carbonyl (C=O) groups is 1. The number of carbonyl (C=O) groups excluding carboxylic acids is 1. The maximum Gasteiger partial charge on any atom is 0.295 e. The number of aromatic nitrogens is 8. The van der Waals surface area contributed by atoms with Crippen molar-refractivity contribution in [3.8, 4) is 22.8 Å². The van der Waals surface area contributed by atoms with Gasteiger partial charge in [0.1, 0.15) is 12.2 Å². The summed E-state index contributed by atoms with van der Waals surface area (Å²) in [6, 6.07) is 14.9. The number of ketones is 1. The molecule has 10 nitrogen and oxygen atoms in total. The van der Waals surface area contributed by atoms with Crippen molar-refractivity contribution in [1.29, 1.82) is 0 Å². The molecule has 0 saturated heterocycles. The Bertz CT molecular complexity index is 1590. The number of hydrogen-bond donors (Lipinski definition) is 0. The first-order valence-electron chi connectivity index (χ1n) is 11.1. The highest BCUT2D eigenvalue weighted by Gasteiger charge is 2.24. The number of aryl methyl sites for hydroxylation is 1. The standard InChI is InChI=1S/C25H24N8O2/c1-16-13-21(22(34)15-31-28-24(27-29-31)19-9-8-12-26-14-19)17(2)32(16)23-18(3)30(4)33(25(23)35)20-10-6-5-7-11-20/h5-14H,15H2,1-4H3. The Morgan fingerprint density at radius 1 is 1.00 bits per heavy atom. The third-order valence-corrected chi connectivity index (χ3v) is 6.14. The van der Waals surface area contributed by atoms with Gasteiger partial charge in [0.05, 0.1) is 11.4 Å². The van der Waals surface area contributed by atoms with E-state index in [9.17, 15) is 9.59 Å². The second-order valence-electron chi connectivity index (χ2n) is 8.34. The van der Waals surface area contributed by atoms with Crippen LogP contribution in [0, 0.1) is 20.8 Å². The van der Waals surface area contributed by atoms with Gasteiger partial charge >= 0.3 is 0 Å². The van der Waals surface area contributed by atoms with Crippen LogP contribution in [-0.2, 0) is 13.6 Å². The van der Waals surface area contributed by atoms with E-state index in [-0.39, 0.29) is 17.9 Å². The van der Waals surface area contributed by atoms with E-state index in [4.69, 9.17) is 0 Å². The van der Waals surface area contributed by atoms with E-state index in [0.29, 0.717) is 22.8 Å². The fraction of sp³-hybridized carbons (Fsp3) is 0.200. The smallest absolute Gasteiger partial charge is 0.295 e. The monoisotopic (exact) mass is 468 g/mol. The normalized spacial score (nSPS) is 11.2. The Kier molecular flexibility index (Phi) is 5.48. The molecular weight excluding hydrogens is 444 g/mol. The molecule has 4 heterocycles. The summed E-state index contributed by atoms with van der Waals surface area (Å²) in [5.41, 5.74) is 4.63. The number of hydrogen-bond acceptors (Lipinski definition) is 6. The van der Waals surface area contributed by atoms with Gasteiger partial charge in [0, 0.05) is 42.0 Å². The van der Waals surface area contributed by atoms with Gasteiger partial charge < -0.3 is 4.57 Å². The molecule has 0 aliphatic carbocycles. The molecule has 0 amide bonds. The zero-order valence-electron chi connectivity index (χ0n) is 19.9. The highest BCUT2D eigenvalue weighted by molar-refractivity contribution is 5.97. The van der Waals surface area contributed by atoms with Gasteiger partial charge in [-0.1, -0.05) is 18.2 Å². The number of pyridine rings is 1. The lowest BCUT2D eigenvalue weighted by molar-refractivity contribution is 0.0961. The molecule has 0 atom stereocenters.